The third kappa shape index (κ3) is 3.56. The molecule has 0 spiro atoms. The number of hydrogen-bond donors (Lipinski definition) is 1. The van der Waals surface area contributed by atoms with Crippen LogP contribution >= 0.6 is 23.2 Å². The van der Waals surface area contributed by atoms with E-state index in [4.69, 9.17) is 27.9 Å². The second-order valence-electron chi connectivity index (χ2n) is 3.22. The molecule has 1 aromatic carbocycles. The second-order valence-corrected chi connectivity index (χ2v) is 4.04. The van der Waals surface area contributed by atoms with E-state index in [0.717, 1.165) is 18.7 Å². The van der Waals surface area contributed by atoms with Crippen LogP contribution in [0.4, 0.5) is 0 Å². The molecule has 0 radical (unpaired) electrons. The minimum absolute atomic E-state index is 0.569. The number of halogens is 2. The fraction of sp³-hybridized carbons (Fsp3) is 0.455. The average molecular weight is 249 g/mol. The normalized spacial score (nSPS) is 10.4. The number of nitrogens with two attached hydrogens (primary N) is 1. The Balaban J connectivity index is 2.87. The molecule has 0 fully saturated rings. The maximum Gasteiger partial charge on any atom is 0.156 e. The molecule has 0 bridgehead atoms. The molecule has 0 saturated carbocycles. The summed E-state index contributed by atoms with van der Waals surface area (Å²) in [6, 6.07) is 3.81. The van der Waals surface area contributed by atoms with Crippen molar-refractivity contribution in [2.75, 3.05) is 13.2 Å². The Morgan fingerprint density at radius 3 is 2.27 bits per heavy atom. The van der Waals surface area contributed by atoms with Crippen LogP contribution < -0.4 is 10.1 Å². The minimum atomic E-state index is 0.569. The van der Waals surface area contributed by atoms with E-state index in [0.29, 0.717) is 22.4 Å². The number of rotatable bonds is 5. The quantitative estimate of drug-likeness (QED) is 0.852. The van der Waals surface area contributed by atoms with Crippen molar-refractivity contribution in [3.63, 3.8) is 0 Å². The summed E-state index contributed by atoms with van der Waals surface area (Å²) in [6.45, 7) is 6.52. The zero-order valence-corrected chi connectivity index (χ0v) is 10.5. The van der Waals surface area contributed by atoms with Gasteiger partial charge in [-0.1, -0.05) is 23.2 Å². The van der Waals surface area contributed by atoms with E-state index in [2.05, 4.69) is 12.2 Å². The van der Waals surface area contributed by atoms with Gasteiger partial charge in [0.25, 0.3) is 0 Å². The molecule has 0 atom stereocenters. The van der Waals surface area contributed by atoms with Crippen molar-refractivity contribution in [2.45, 2.75) is 20.4 Å². The highest BCUT2D eigenvalue weighted by Crippen LogP contribution is 2.33. The molecule has 2 N–H and O–H groups in total. The first-order valence-corrected chi connectivity index (χ1v) is 5.87. The third-order valence-electron chi connectivity index (χ3n) is 2.02. The largest absolute Gasteiger partial charge is 0.491 e. The predicted molar refractivity (Wildman–Crippen MR) is 63.8 cm³/mol. The van der Waals surface area contributed by atoms with Crippen LogP contribution in [0.15, 0.2) is 12.1 Å². The van der Waals surface area contributed by atoms with Crippen LogP contribution in [-0.2, 0) is 6.54 Å². The number of ether oxygens (including phenoxy) is 1. The number of benzene rings is 1. The summed E-state index contributed by atoms with van der Waals surface area (Å²) in [5, 5.41) is 3.36. The zero-order chi connectivity index (χ0) is 11.3. The Kier molecular flexibility index (Phi) is 5.23. The Bertz CT molecular complexity index is 305. The highest BCUT2D eigenvalue weighted by Gasteiger charge is 2.09. The lowest BCUT2D eigenvalue weighted by molar-refractivity contribution is -0.667. The molecule has 1 aromatic rings. The van der Waals surface area contributed by atoms with Gasteiger partial charge in [-0.25, -0.2) is 0 Å². The van der Waals surface area contributed by atoms with Crippen molar-refractivity contribution in [3.8, 4) is 5.75 Å². The molecule has 0 aliphatic heterocycles. The Hall–Kier alpha value is -0.440. The predicted octanol–water partition coefficient (Wildman–Crippen LogP) is 2.48. The van der Waals surface area contributed by atoms with Crippen LogP contribution in [0.25, 0.3) is 0 Å². The topological polar surface area (TPSA) is 25.8 Å². The first kappa shape index (κ1) is 12.6. The maximum absolute atomic E-state index is 6.07. The molecule has 0 amide bonds. The molecule has 0 unspecified atom stereocenters. The van der Waals surface area contributed by atoms with Crippen LogP contribution in [0.2, 0.25) is 10.0 Å². The van der Waals surface area contributed by atoms with Crippen molar-refractivity contribution < 1.29 is 10.1 Å². The van der Waals surface area contributed by atoms with Gasteiger partial charge in [-0.15, -0.1) is 0 Å². The highest BCUT2D eigenvalue weighted by atomic mass is 35.5. The molecule has 84 valence electrons. The fourth-order valence-corrected chi connectivity index (χ4v) is 1.96. The zero-order valence-electron chi connectivity index (χ0n) is 9.02. The summed E-state index contributed by atoms with van der Waals surface area (Å²) in [7, 11) is 0. The van der Waals surface area contributed by atoms with Crippen LogP contribution in [0.3, 0.4) is 0 Å². The lowest BCUT2D eigenvalue weighted by atomic mass is 10.2. The lowest BCUT2D eigenvalue weighted by Gasteiger charge is -2.09. The Morgan fingerprint density at radius 1 is 1.20 bits per heavy atom. The van der Waals surface area contributed by atoms with E-state index >= 15 is 0 Å². The molecule has 4 heteroatoms. The van der Waals surface area contributed by atoms with Crippen LogP contribution in [-0.4, -0.2) is 13.2 Å². The molecule has 0 heterocycles. The molecule has 0 saturated heterocycles. The Labute approximate surface area is 101 Å². The monoisotopic (exact) mass is 248 g/mol. The van der Waals surface area contributed by atoms with Gasteiger partial charge in [-0.3, -0.25) is 0 Å². The SMILES string of the molecule is CC[NH2+]Cc1cc(Cl)c(OCC)c(Cl)c1. The molecule has 15 heavy (non-hydrogen) atoms. The van der Waals surface area contributed by atoms with Gasteiger partial charge in [0, 0.05) is 5.56 Å². The van der Waals surface area contributed by atoms with E-state index < -0.39 is 0 Å². The number of hydrogen-bond acceptors (Lipinski definition) is 1. The molecule has 0 aliphatic carbocycles. The van der Waals surface area contributed by atoms with Crippen molar-refractivity contribution in [2.24, 2.45) is 0 Å². The van der Waals surface area contributed by atoms with E-state index in [1.165, 1.54) is 0 Å². The maximum atomic E-state index is 6.07. The summed E-state index contributed by atoms with van der Waals surface area (Å²) in [4.78, 5) is 0. The van der Waals surface area contributed by atoms with Gasteiger partial charge in [-0.05, 0) is 26.0 Å². The number of quaternary nitrogens is 1. The standard InChI is InChI=1S/C11H15Cl2NO/c1-3-14-7-8-5-9(12)11(15-4-2)10(13)6-8/h5-6,14H,3-4,7H2,1-2H3/p+1. The molecule has 1 rings (SSSR count). The van der Waals surface area contributed by atoms with Gasteiger partial charge in [0.15, 0.2) is 5.75 Å². The Morgan fingerprint density at radius 2 is 1.80 bits per heavy atom. The van der Waals surface area contributed by atoms with Gasteiger partial charge in [0.05, 0.1) is 23.2 Å². The smallest absolute Gasteiger partial charge is 0.156 e. The van der Waals surface area contributed by atoms with Gasteiger partial charge in [-0.2, -0.15) is 0 Å². The van der Waals surface area contributed by atoms with Crippen LogP contribution in [0.1, 0.15) is 19.4 Å². The van der Waals surface area contributed by atoms with E-state index in [1.54, 1.807) is 0 Å². The summed E-state index contributed by atoms with van der Waals surface area (Å²) in [5.74, 6) is 0.584. The van der Waals surface area contributed by atoms with Gasteiger partial charge in [0.1, 0.15) is 6.54 Å². The molecule has 2 nitrogen and oxygen atoms in total. The molecule has 0 aromatic heterocycles. The summed E-state index contributed by atoms with van der Waals surface area (Å²) in [5.41, 5.74) is 1.12. The van der Waals surface area contributed by atoms with E-state index in [9.17, 15) is 0 Å². The fourth-order valence-electron chi connectivity index (χ4n) is 1.32. The summed E-state index contributed by atoms with van der Waals surface area (Å²) < 4.78 is 5.35. The van der Waals surface area contributed by atoms with Gasteiger partial charge < -0.3 is 10.1 Å². The van der Waals surface area contributed by atoms with E-state index in [1.807, 2.05) is 19.1 Å². The van der Waals surface area contributed by atoms with E-state index in [-0.39, 0.29) is 0 Å². The minimum Gasteiger partial charge on any atom is -0.491 e. The van der Waals surface area contributed by atoms with Crippen LogP contribution in [0.5, 0.6) is 5.75 Å². The highest BCUT2D eigenvalue weighted by molar-refractivity contribution is 6.37. The molecular weight excluding hydrogens is 233 g/mol. The first-order chi connectivity index (χ1) is 7.19. The first-order valence-electron chi connectivity index (χ1n) is 5.11. The summed E-state index contributed by atoms with van der Waals surface area (Å²) >= 11 is 12.1. The van der Waals surface area contributed by atoms with Crippen molar-refractivity contribution in [1.29, 1.82) is 0 Å². The summed E-state index contributed by atoms with van der Waals surface area (Å²) in [6.07, 6.45) is 0. The molecular formula is C11H16Cl2NO+. The van der Waals surface area contributed by atoms with Gasteiger partial charge in [0.2, 0.25) is 0 Å². The third-order valence-corrected chi connectivity index (χ3v) is 2.58. The van der Waals surface area contributed by atoms with Crippen molar-refractivity contribution in [1.82, 2.24) is 0 Å². The van der Waals surface area contributed by atoms with Crippen LogP contribution in [0, 0.1) is 0 Å². The van der Waals surface area contributed by atoms with Gasteiger partial charge >= 0.3 is 0 Å². The van der Waals surface area contributed by atoms with Crippen molar-refractivity contribution >= 4 is 23.2 Å². The van der Waals surface area contributed by atoms with Crippen molar-refractivity contribution in [3.05, 3.63) is 27.7 Å². The lowest BCUT2D eigenvalue weighted by Crippen LogP contribution is -2.81. The average Bonchev–Trinajstić information content (AvgIpc) is 2.20. The second kappa shape index (κ2) is 6.21. The molecule has 0 aliphatic rings.